The number of rotatable bonds is 2. The molecule has 1 unspecified atom stereocenters. The van der Waals surface area contributed by atoms with Crippen LogP contribution in [0.4, 0.5) is 0 Å². The van der Waals surface area contributed by atoms with Gasteiger partial charge in [-0.2, -0.15) is 0 Å². The summed E-state index contributed by atoms with van der Waals surface area (Å²) >= 11 is 9.77. The average molecular weight is 311 g/mol. The van der Waals surface area contributed by atoms with Gasteiger partial charge in [0.15, 0.2) is 0 Å². The van der Waals surface area contributed by atoms with E-state index in [1.807, 2.05) is 43.3 Å². The molecule has 0 saturated heterocycles. The van der Waals surface area contributed by atoms with Crippen LogP contribution in [0.3, 0.4) is 0 Å². The smallest absolute Gasteiger partial charge is 0.0459 e. The van der Waals surface area contributed by atoms with Crippen molar-refractivity contribution in [3.63, 3.8) is 0 Å². The molecule has 0 bridgehead atoms. The Bertz CT molecular complexity index is 537. The van der Waals surface area contributed by atoms with Crippen LogP contribution in [0.1, 0.15) is 18.5 Å². The van der Waals surface area contributed by atoms with Crippen molar-refractivity contribution in [3.8, 4) is 11.1 Å². The second kappa shape index (κ2) is 5.21. The molecule has 0 aromatic heterocycles. The zero-order valence-corrected chi connectivity index (χ0v) is 11.8. The molecule has 0 heterocycles. The topological polar surface area (TPSA) is 26.0 Å². The first-order valence-corrected chi connectivity index (χ1v) is 6.56. The molecule has 3 heteroatoms. The minimum absolute atomic E-state index is 0.0456. The summed E-state index contributed by atoms with van der Waals surface area (Å²) in [7, 11) is 0. The summed E-state index contributed by atoms with van der Waals surface area (Å²) in [5, 5.41) is 0.716. The van der Waals surface area contributed by atoms with E-state index in [2.05, 4.69) is 22.0 Å². The van der Waals surface area contributed by atoms with Crippen LogP contribution in [0.2, 0.25) is 5.02 Å². The van der Waals surface area contributed by atoms with Gasteiger partial charge in [0.25, 0.3) is 0 Å². The van der Waals surface area contributed by atoms with Crippen LogP contribution in [0.15, 0.2) is 46.9 Å². The molecule has 0 amide bonds. The lowest BCUT2D eigenvalue weighted by atomic mass is 10.0. The van der Waals surface area contributed by atoms with Crippen LogP contribution in [-0.2, 0) is 0 Å². The van der Waals surface area contributed by atoms with Gasteiger partial charge in [0.2, 0.25) is 0 Å². The molecule has 2 aromatic rings. The van der Waals surface area contributed by atoms with Crippen molar-refractivity contribution in [2.24, 2.45) is 5.73 Å². The molecule has 0 fully saturated rings. The largest absolute Gasteiger partial charge is 0.324 e. The van der Waals surface area contributed by atoms with E-state index in [-0.39, 0.29) is 6.04 Å². The monoisotopic (exact) mass is 309 g/mol. The van der Waals surface area contributed by atoms with E-state index in [9.17, 15) is 0 Å². The molecule has 0 aliphatic carbocycles. The second-order valence-corrected chi connectivity index (χ2v) is 5.27. The van der Waals surface area contributed by atoms with Gasteiger partial charge in [-0.05, 0) is 35.7 Å². The summed E-state index contributed by atoms with van der Waals surface area (Å²) < 4.78 is 1.06. The van der Waals surface area contributed by atoms with Crippen molar-refractivity contribution in [1.29, 1.82) is 0 Å². The molecule has 0 aliphatic heterocycles. The van der Waals surface area contributed by atoms with Gasteiger partial charge >= 0.3 is 0 Å². The zero-order valence-electron chi connectivity index (χ0n) is 9.45. The fourth-order valence-electron chi connectivity index (χ4n) is 1.76. The van der Waals surface area contributed by atoms with Crippen LogP contribution in [0, 0.1) is 0 Å². The quantitative estimate of drug-likeness (QED) is 0.848. The Kier molecular flexibility index (Phi) is 3.87. The van der Waals surface area contributed by atoms with Crippen LogP contribution < -0.4 is 5.73 Å². The Morgan fingerprint density at radius 1 is 1.18 bits per heavy atom. The maximum Gasteiger partial charge on any atom is 0.0459 e. The zero-order chi connectivity index (χ0) is 12.4. The Morgan fingerprint density at radius 2 is 1.88 bits per heavy atom. The van der Waals surface area contributed by atoms with Crippen LogP contribution >= 0.6 is 27.5 Å². The van der Waals surface area contributed by atoms with E-state index in [4.69, 9.17) is 17.3 Å². The lowest BCUT2D eigenvalue weighted by Crippen LogP contribution is -2.05. The second-order valence-electron chi connectivity index (χ2n) is 4.00. The first-order valence-electron chi connectivity index (χ1n) is 5.39. The summed E-state index contributed by atoms with van der Waals surface area (Å²) in [5.41, 5.74) is 9.03. The number of nitrogens with two attached hydrogens (primary N) is 1. The molecule has 0 aliphatic rings. The predicted molar refractivity (Wildman–Crippen MR) is 77.2 cm³/mol. The highest BCUT2D eigenvalue weighted by Gasteiger charge is 2.08. The number of hydrogen-bond donors (Lipinski definition) is 1. The van der Waals surface area contributed by atoms with E-state index in [0.29, 0.717) is 5.02 Å². The van der Waals surface area contributed by atoms with E-state index < -0.39 is 0 Å². The fraction of sp³-hybridized carbons (Fsp3) is 0.143. The van der Waals surface area contributed by atoms with Crippen molar-refractivity contribution in [3.05, 3.63) is 57.5 Å². The minimum Gasteiger partial charge on any atom is -0.324 e. The van der Waals surface area contributed by atoms with Gasteiger partial charge in [-0.3, -0.25) is 0 Å². The molecule has 0 radical (unpaired) electrons. The summed E-state index contributed by atoms with van der Waals surface area (Å²) in [4.78, 5) is 0. The molecule has 1 atom stereocenters. The number of benzene rings is 2. The van der Waals surface area contributed by atoms with Crippen molar-refractivity contribution in [1.82, 2.24) is 0 Å². The van der Waals surface area contributed by atoms with Gasteiger partial charge in [0.1, 0.15) is 0 Å². The summed E-state index contributed by atoms with van der Waals surface area (Å²) in [5.74, 6) is 0. The maximum atomic E-state index is 6.23. The highest BCUT2D eigenvalue weighted by Crippen LogP contribution is 2.32. The molecular formula is C14H13BrClN. The Balaban J connectivity index is 2.49. The Hall–Kier alpha value is -0.830. The number of halogens is 2. The van der Waals surface area contributed by atoms with E-state index >= 15 is 0 Å². The van der Waals surface area contributed by atoms with Crippen molar-refractivity contribution < 1.29 is 0 Å². The van der Waals surface area contributed by atoms with E-state index in [0.717, 1.165) is 21.2 Å². The third-order valence-corrected chi connectivity index (χ3v) is 3.69. The molecule has 2 aromatic carbocycles. The molecule has 88 valence electrons. The van der Waals surface area contributed by atoms with E-state index in [1.165, 1.54) is 0 Å². The summed E-state index contributed by atoms with van der Waals surface area (Å²) in [6.45, 7) is 1.93. The Labute approximate surface area is 115 Å². The molecule has 1 nitrogen and oxygen atoms in total. The fourth-order valence-corrected chi connectivity index (χ4v) is 2.63. The molecule has 0 spiro atoms. The van der Waals surface area contributed by atoms with Crippen LogP contribution in [0.5, 0.6) is 0 Å². The lowest BCUT2D eigenvalue weighted by Gasteiger charge is -2.11. The third kappa shape index (κ3) is 2.71. The standard InChI is InChI=1S/C14H13BrClN/c1-9(17)11-7-6-10(8-14(11)16)12-4-2-3-5-13(12)15/h2-9H,17H2,1H3. The van der Waals surface area contributed by atoms with Crippen molar-refractivity contribution >= 4 is 27.5 Å². The molecule has 17 heavy (non-hydrogen) atoms. The van der Waals surface area contributed by atoms with Crippen LogP contribution in [0.25, 0.3) is 11.1 Å². The molecular weight excluding hydrogens is 298 g/mol. The SMILES string of the molecule is CC(N)c1ccc(-c2ccccc2Br)cc1Cl. The third-order valence-electron chi connectivity index (χ3n) is 2.68. The highest BCUT2D eigenvalue weighted by molar-refractivity contribution is 9.10. The van der Waals surface area contributed by atoms with E-state index in [1.54, 1.807) is 0 Å². The molecule has 0 saturated carbocycles. The van der Waals surface area contributed by atoms with Gasteiger partial charge in [-0.25, -0.2) is 0 Å². The molecule has 2 N–H and O–H groups in total. The molecule has 2 rings (SSSR count). The van der Waals surface area contributed by atoms with Gasteiger partial charge in [-0.15, -0.1) is 0 Å². The summed E-state index contributed by atoms with van der Waals surface area (Å²) in [6, 6.07) is 14.0. The summed E-state index contributed by atoms with van der Waals surface area (Å²) in [6.07, 6.45) is 0. The van der Waals surface area contributed by atoms with Crippen molar-refractivity contribution in [2.45, 2.75) is 13.0 Å². The van der Waals surface area contributed by atoms with Gasteiger partial charge < -0.3 is 5.73 Å². The first-order chi connectivity index (χ1) is 8.09. The van der Waals surface area contributed by atoms with Crippen molar-refractivity contribution in [2.75, 3.05) is 0 Å². The highest BCUT2D eigenvalue weighted by atomic mass is 79.9. The van der Waals surface area contributed by atoms with Gasteiger partial charge in [-0.1, -0.05) is 57.9 Å². The van der Waals surface area contributed by atoms with Crippen LogP contribution in [-0.4, -0.2) is 0 Å². The number of hydrogen-bond acceptors (Lipinski definition) is 1. The minimum atomic E-state index is -0.0456. The normalized spacial score (nSPS) is 12.5. The first kappa shape index (κ1) is 12.6. The predicted octanol–water partition coefficient (Wildman–Crippen LogP) is 4.79. The average Bonchev–Trinajstić information content (AvgIpc) is 2.29. The lowest BCUT2D eigenvalue weighted by molar-refractivity contribution is 0.819. The maximum absolute atomic E-state index is 6.23. The Morgan fingerprint density at radius 3 is 2.47 bits per heavy atom. The van der Waals surface area contributed by atoms with Gasteiger partial charge in [0, 0.05) is 15.5 Å². The van der Waals surface area contributed by atoms with Gasteiger partial charge in [0.05, 0.1) is 0 Å².